The summed E-state index contributed by atoms with van der Waals surface area (Å²) in [4.78, 5) is 4.50. The second kappa shape index (κ2) is 4.62. The van der Waals surface area contributed by atoms with Crippen LogP contribution in [0.5, 0.6) is 0 Å². The van der Waals surface area contributed by atoms with Gasteiger partial charge in [-0.1, -0.05) is 19.8 Å². The van der Waals surface area contributed by atoms with Gasteiger partial charge in [0.15, 0.2) is 0 Å². The third-order valence-electron chi connectivity index (χ3n) is 3.41. The van der Waals surface area contributed by atoms with E-state index in [1.165, 1.54) is 25.7 Å². The Bertz CT molecular complexity index is 321. The van der Waals surface area contributed by atoms with E-state index in [2.05, 4.69) is 17.3 Å². The number of nitrogens with zero attached hydrogens (tertiary/aromatic N) is 1. The Kier molecular flexibility index (Phi) is 3.42. The fraction of sp³-hybridized carbons (Fsp3) is 0.750. The molecule has 3 atom stereocenters. The zero-order valence-corrected chi connectivity index (χ0v) is 10.4. The lowest BCUT2D eigenvalue weighted by Crippen LogP contribution is -2.26. The fourth-order valence-electron chi connectivity index (χ4n) is 2.53. The van der Waals surface area contributed by atoms with Crippen LogP contribution < -0.4 is 5.73 Å². The van der Waals surface area contributed by atoms with Gasteiger partial charge >= 0.3 is 0 Å². The first-order chi connectivity index (χ1) is 7.16. The van der Waals surface area contributed by atoms with E-state index in [1.807, 2.05) is 6.92 Å². The summed E-state index contributed by atoms with van der Waals surface area (Å²) in [6.07, 6.45) is 5.27. The van der Waals surface area contributed by atoms with Crippen molar-refractivity contribution in [3.05, 3.63) is 16.1 Å². The molecule has 0 saturated heterocycles. The van der Waals surface area contributed by atoms with Crippen LogP contribution in [-0.2, 0) is 0 Å². The number of hydrogen-bond acceptors (Lipinski definition) is 3. The summed E-state index contributed by atoms with van der Waals surface area (Å²) >= 11 is 1.72. The van der Waals surface area contributed by atoms with E-state index in [0.29, 0.717) is 5.92 Å². The summed E-state index contributed by atoms with van der Waals surface area (Å²) < 4.78 is 0. The van der Waals surface area contributed by atoms with Gasteiger partial charge < -0.3 is 5.73 Å². The van der Waals surface area contributed by atoms with E-state index < -0.39 is 0 Å². The Hall–Kier alpha value is -0.410. The van der Waals surface area contributed by atoms with Crippen molar-refractivity contribution in [2.75, 3.05) is 0 Å². The summed E-state index contributed by atoms with van der Waals surface area (Å²) in [5.41, 5.74) is 7.40. The minimum atomic E-state index is 0.173. The molecule has 15 heavy (non-hydrogen) atoms. The van der Waals surface area contributed by atoms with E-state index in [4.69, 9.17) is 5.73 Å². The first-order valence-corrected chi connectivity index (χ1v) is 6.72. The molecule has 2 nitrogen and oxygen atoms in total. The maximum absolute atomic E-state index is 6.29. The normalized spacial score (nSPS) is 29.0. The number of nitrogens with two attached hydrogens (primary N) is 1. The molecular weight excluding hydrogens is 204 g/mol. The van der Waals surface area contributed by atoms with E-state index >= 15 is 0 Å². The summed E-state index contributed by atoms with van der Waals surface area (Å²) in [7, 11) is 0. The lowest BCUT2D eigenvalue weighted by atomic mass is 9.79. The van der Waals surface area contributed by atoms with Crippen LogP contribution in [0.15, 0.2) is 5.38 Å². The highest BCUT2D eigenvalue weighted by atomic mass is 32.1. The second-order valence-electron chi connectivity index (χ2n) is 4.88. The Morgan fingerprint density at radius 3 is 2.93 bits per heavy atom. The lowest BCUT2D eigenvalue weighted by Gasteiger charge is -2.30. The van der Waals surface area contributed by atoms with Crippen LogP contribution >= 0.6 is 11.3 Å². The highest BCUT2D eigenvalue weighted by Crippen LogP contribution is 2.36. The average molecular weight is 224 g/mol. The first-order valence-electron chi connectivity index (χ1n) is 5.84. The maximum atomic E-state index is 6.29. The smallest absolute Gasteiger partial charge is 0.110 e. The molecule has 1 aromatic heterocycles. The topological polar surface area (TPSA) is 38.9 Å². The van der Waals surface area contributed by atoms with Crippen molar-refractivity contribution in [3.63, 3.8) is 0 Å². The van der Waals surface area contributed by atoms with Gasteiger partial charge in [-0.15, -0.1) is 11.3 Å². The van der Waals surface area contributed by atoms with E-state index in [-0.39, 0.29) is 6.04 Å². The summed E-state index contributed by atoms with van der Waals surface area (Å²) in [6, 6.07) is 0.173. The van der Waals surface area contributed by atoms with Crippen LogP contribution in [0.25, 0.3) is 0 Å². The molecule has 0 radical (unpaired) electrons. The van der Waals surface area contributed by atoms with Crippen LogP contribution in [0.3, 0.4) is 0 Å². The predicted molar refractivity (Wildman–Crippen MR) is 64.9 cm³/mol. The van der Waals surface area contributed by atoms with Crippen molar-refractivity contribution in [2.24, 2.45) is 17.6 Å². The van der Waals surface area contributed by atoms with Gasteiger partial charge in [-0.25, -0.2) is 4.98 Å². The number of thiazole rings is 1. The van der Waals surface area contributed by atoms with Crippen molar-refractivity contribution < 1.29 is 0 Å². The summed E-state index contributed by atoms with van der Waals surface area (Å²) in [5, 5.41) is 3.23. The van der Waals surface area contributed by atoms with Gasteiger partial charge in [0.2, 0.25) is 0 Å². The van der Waals surface area contributed by atoms with E-state index in [0.717, 1.165) is 16.6 Å². The zero-order chi connectivity index (χ0) is 10.8. The molecule has 0 aromatic carbocycles. The predicted octanol–water partition coefficient (Wildman–Crippen LogP) is 3.28. The first kappa shape index (κ1) is 11.1. The molecule has 84 valence electrons. The second-order valence-corrected chi connectivity index (χ2v) is 5.77. The largest absolute Gasteiger partial charge is 0.322 e. The maximum Gasteiger partial charge on any atom is 0.110 e. The van der Waals surface area contributed by atoms with Crippen LogP contribution in [0.2, 0.25) is 0 Å². The summed E-state index contributed by atoms with van der Waals surface area (Å²) in [5.74, 6) is 1.50. The zero-order valence-electron chi connectivity index (χ0n) is 9.57. The SMILES string of the molecule is Cc1csc(C(N)C2CCCC(C)C2)n1. The van der Waals surface area contributed by atoms with Crippen LogP contribution in [0.1, 0.15) is 49.4 Å². The van der Waals surface area contributed by atoms with Crippen LogP contribution in [-0.4, -0.2) is 4.98 Å². The Labute approximate surface area is 95.9 Å². The molecule has 0 spiro atoms. The average Bonchev–Trinajstić information content (AvgIpc) is 2.64. The number of aryl methyl sites for hydroxylation is 1. The number of aromatic nitrogens is 1. The minimum absolute atomic E-state index is 0.173. The molecule has 2 N–H and O–H groups in total. The van der Waals surface area contributed by atoms with Gasteiger partial charge in [0.1, 0.15) is 5.01 Å². The Morgan fingerprint density at radius 2 is 2.33 bits per heavy atom. The molecule has 0 bridgehead atoms. The molecule has 1 aliphatic rings. The molecule has 1 fully saturated rings. The standard InChI is InChI=1S/C12H20N2S/c1-8-4-3-5-10(6-8)11(13)12-14-9(2)7-15-12/h7-8,10-11H,3-6,13H2,1-2H3. The van der Waals surface area contributed by atoms with E-state index in [1.54, 1.807) is 11.3 Å². The van der Waals surface area contributed by atoms with Gasteiger partial charge in [-0.05, 0) is 31.6 Å². The molecule has 0 amide bonds. The quantitative estimate of drug-likeness (QED) is 0.837. The third-order valence-corrected chi connectivity index (χ3v) is 4.47. The van der Waals surface area contributed by atoms with Gasteiger partial charge in [-0.3, -0.25) is 0 Å². The highest BCUT2D eigenvalue weighted by molar-refractivity contribution is 7.09. The minimum Gasteiger partial charge on any atom is -0.322 e. The van der Waals surface area contributed by atoms with Gasteiger partial charge in [-0.2, -0.15) is 0 Å². The van der Waals surface area contributed by atoms with Gasteiger partial charge in [0.25, 0.3) is 0 Å². The Balaban J connectivity index is 2.03. The monoisotopic (exact) mass is 224 g/mol. The molecule has 1 aromatic rings. The molecule has 1 saturated carbocycles. The van der Waals surface area contributed by atoms with Crippen molar-refractivity contribution in [2.45, 2.75) is 45.6 Å². The lowest BCUT2D eigenvalue weighted by molar-refractivity contribution is 0.247. The molecular formula is C12H20N2S. The number of hydrogen-bond donors (Lipinski definition) is 1. The highest BCUT2D eigenvalue weighted by Gasteiger charge is 2.26. The number of rotatable bonds is 2. The molecule has 1 aliphatic carbocycles. The summed E-state index contributed by atoms with van der Waals surface area (Å²) in [6.45, 7) is 4.38. The van der Waals surface area contributed by atoms with Gasteiger partial charge in [0, 0.05) is 11.1 Å². The molecule has 0 aliphatic heterocycles. The molecule has 3 heteroatoms. The van der Waals surface area contributed by atoms with Gasteiger partial charge in [0.05, 0.1) is 6.04 Å². The third kappa shape index (κ3) is 2.58. The Morgan fingerprint density at radius 1 is 1.53 bits per heavy atom. The fourth-order valence-corrected chi connectivity index (χ4v) is 3.42. The van der Waals surface area contributed by atoms with Crippen molar-refractivity contribution in [1.82, 2.24) is 4.98 Å². The van der Waals surface area contributed by atoms with Crippen LogP contribution in [0, 0.1) is 18.8 Å². The molecule has 3 unspecified atom stereocenters. The van der Waals surface area contributed by atoms with Crippen molar-refractivity contribution >= 4 is 11.3 Å². The van der Waals surface area contributed by atoms with E-state index in [9.17, 15) is 0 Å². The molecule has 1 heterocycles. The van der Waals surface area contributed by atoms with Crippen molar-refractivity contribution in [1.29, 1.82) is 0 Å². The van der Waals surface area contributed by atoms with Crippen LogP contribution in [0.4, 0.5) is 0 Å². The molecule has 2 rings (SSSR count). The van der Waals surface area contributed by atoms with Crippen molar-refractivity contribution in [3.8, 4) is 0 Å².